The van der Waals surface area contributed by atoms with Gasteiger partial charge in [-0.3, -0.25) is 0 Å². The zero-order valence-electron chi connectivity index (χ0n) is 10.8. The van der Waals surface area contributed by atoms with Gasteiger partial charge in [0, 0.05) is 20.1 Å². The van der Waals surface area contributed by atoms with E-state index in [1.54, 1.807) is 12.1 Å². The molecule has 0 bridgehead atoms. The lowest BCUT2D eigenvalue weighted by Crippen LogP contribution is -2.35. The smallest absolute Gasteiger partial charge is 0.124 e. The zero-order chi connectivity index (χ0) is 14.9. The topological polar surface area (TPSA) is 26.0 Å². The van der Waals surface area contributed by atoms with Crippen molar-refractivity contribution in [2.75, 3.05) is 0 Å². The van der Waals surface area contributed by atoms with Crippen LogP contribution in [0.25, 0.3) is 0 Å². The highest BCUT2D eigenvalue weighted by Gasteiger charge is 2.25. The fourth-order valence-corrected chi connectivity index (χ4v) is 3.23. The van der Waals surface area contributed by atoms with Gasteiger partial charge in [0.05, 0.1) is 0 Å². The summed E-state index contributed by atoms with van der Waals surface area (Å²) in [4.78, 5) is 0. The van der Waals surface area contributed by atoms with Gasteiger partial charge < -0.3 is 5.73 Å². The Morgan fingerprint density at radius 3 is 2.45 bits per heavy atom. The minimum Gasteiger partial charge on any atom is -0.321 e. The molecular weight excluding hydrogens is 364 g/mol. The molecule has 0 aromatic heterocycles. The van der Waals surface area contributed by atoms with E-state index in [4.69, 9.17) is 28.9 Å². The standard InChI is InChI=1S/C15H13BrCl2FN/c1-15(20,12-5-3-10(16)6-14(12)18)8-9-2-4-11(19)7-13(9)17/h2-7H,8,20H2,1H3. The van der Waals surface area contributed by atoms with E-state index in [1.807, 2.05) is 19.1 Å². The molecule has 0 aliphatic rings. The Kier molecular flexibility index (Phi) is 4.75. The lowest BCUT2D eigenvalue weighted by molar-refractivity contribution is 0.491. The normalized spacial score (nSPS) is 14.1. The van der Waals surface area contributed by atoms with E-state index in [0.717, 1.165) is 15.6 Å². The second kappa shape index (κ2) is 6.02. The quantitative estimate of drug-likeness (QED) is 0.771. The number of nitrogens with two attached hydrogens (primary N) is 1. The Labute approximate surface area is 136 Å². The van der Waals surface area contributed by atoms with Gasteiger partial charge in [0.15, 0.2) is 0 Å². The maximum Gasteiger partial charge on any atom is 0.124 e. The van der Waals surface area contributed by atoms with E-state index in [0.29, 0.717) is 16.5 Å². The molecule has 0 amide bonds. The average molecular weight is 377 g/mol. The van der Waals surface area contributed by atoms with Crippen LogP contribution in [0.3, 0.4) is 0 Å². The van der Waals surface area contributed by atoms with Crippen molar-refractivity contribution in [2.24, 2.45) is 5.73 Å². The van der Waals surface area contributed by atoms with Gasteiger partial charge in [0.2, 0.25) is 0 Å². The first-order valence-corrected chi connectivity index (χ1v) is 7.53. The monoisotopic (exact) mass is 375 g/mol. The molecule has 0 spiro atoms. The third kappa shape index (κ3) is 3.53. The second-order valence-corrected chi connectivity index (χ2v) is 6.68. The minimum atomic E-state index is -0.695. The van der Waals surface area contributed by atoms with Gasteiger partial charge in [-0.05, 0) is 48.7 Å². The van der Waals surface area contributed by atoms with Gasteiger partial charge in [-0.25, -0.2) is 4.39 Å². The lowest BCUT2D eigenvalue weighted by Gasteiger charge is -2.27. The molecule has 20 heavy (non-hydrogen) atoms. The molecule has 2 N–H and O–H groups in total. The van der Waals surface area contributed by atoms with E-state index in [-0.39, 0.29) is 5.82 Å². The van der Waals surface area contributed by atoms with Gasteiger partial charge in [-0.2, -0.15) is 0 Å². The van der Waals surface area contributed by atoms with Crippen molar-refractivity contribution in [3.8, 4) is 0 Å². The van der Waals surface area contributed by atoms with Crippen LogP contribution in [-0.2, 0) is 12.0 Å². The number of halogens is 4. The Hall–Kier alpha value is -0.610. The summed E-state index contributed by atoms with van der Waals surface area (Å²) < 4.78 is 14.0. The van der Waals surface area contributed by atoms with Gasteiger partial charge in [-0.1, -0.05) is 51.3 Å². The Bertz CT molecular complexity index is 644. The molecule has 0 heterocycles. The van der Waals surface area contributed by atoms with Crippen molar-refractivity contribution in [1.82, 2.24) is 0 Å². The van der Waals surface area contributed by atoms with E-state index in [9.17, 15) is 4.39 Å². The van der Waals surface area contributed by atoms with Crippen molar-refractivity contribution < 1.29 is 4.39 Å². The molecule has 2 rings (SSSR count). The highest BCUT2D eigenvalue weighted by atomic mass is 79.9. The minimum absolute atomic E-state index is 0.362. The first-order chi connectivity index (χ1) is 9.29. The maximum absolute atomic E-state index is 13.1. The molecule has 1 atom stereocenters. The summed E-state index contributed by atoms with van der Waals surface area (Å²) in [7, 11) is 0. The van der Waals surface area contributed by atoms with Gasteiger partial charge in [0.25, 0.3) is 0 Å². The van der Waals surface area contributed by atoms with Crippen molar-refractivity contribution in [3.63, 3.8) is 0 Å². The number of benzene rings is 2. The summed E-state index contributed by atoms with van der Waals surface area (Å²) in [5.74, 6) is -0.362. The summed E-state index contributed by atoms with van der Waals surface area (Å²) in [5.41, 5.74) is 7.29. The summed E-state index contributed by atoms with van der Waals surface area (Å²) in [6.45, 7) is 1.88. The maximum atomic E-state index is 13.1. The third-order valence-corrected chi connectivity index (χ3v) is 4.28. The molecule has 0 saturated heterocycles. The number of hydrogen-bond donors (Lipinski definition) is 1. The molecule has 2 aromatic carbocycles. The summed E-state index contributed by atoms with van der Waals surface area (Å²) in [5, 5.41) is 0.956. The molecule has 0 aliphatic heterocycles. The van der Waals surface area contributed by atoms with Crippen LogP contribution in [0.1, 0.15) is 18.1 Å². The highest BCUT2D eigenvalue weighted by molar-refractivity contribution is 9.10. The molecular formula is C15H13BrCl2FN. The van der Waals surface area contributed by atoms with Crippen LogP contribution >= 0.6 is 39.1 Å². The summed E-state index contributed by atoms with van der Waals surface area (Å²) in [6.07, 6.45) is 0.466. The van der Waals surface area contributed by atoms with Crippen LogP contribution in [0.15, 0.2) is 40.9 Å². The largest absolute Gasteiger partial charge is 0.321 e. The first kappa shape index (κ1) is 15.8. The number of rotatable bonds is 3. The lowest BCUT2D eigenvalue weighted by atomic mass is 9.86. The molecule has 0 aliphatic carbocycles. The first-order valence-electron chi connectivity index (χ1n) is 5.98. The molecule has 0 fully saturated rings. The molecule has 1 unspecified atom stereocenters. The van der Waals surface area contributed by atoms with Crippen molar-refractivity contribution >= 4 is 39.1 Å². The van der Waals surface area contributed by atoms with E-state index >= 15 is 0 Å². The molecule has 2 aromatic rings. The molecule has 1 nitrogen and oxygen atoms in total. The predicted octanol–water partition coefficient (Wildman–Crippen LogP) is 5.31. The second-order valence-electron chi connectivity index (χ2n) is 4.95. The highest BCUT2D eigenvalue weighted by Crippen LogP contribution is 2.32. The van der Waals surface area contributed by atoms with Crippen molar-refractivity contribution in [3.05, 3.63) is 67.9 Å². The molecule has 106 valence electrons. The van der Waals surface area contributed by atoms with E-state index in [2.05, 4.69) is 15.9 Å². The van der Waals surface area contributed by atoms with Crippen LogP contribution in [0.5, 0.6) is 0 Å². The van der Waals surface area contributed by atoms with E-state index in [1.165, 1.54) is 12.1 Å². The van der Waals surface area contributed by atoms with Crippen LogP contribution in [0, 0.1) is 5.82 Å². The predicted molar refractivity (Wildman–Crippen MR) is 85.8 cm³/mol. The Balaban J connectivity index is 2.35. The van der Waals surface area contributed by atoms with Crippen LogP contribution in [0.2, 0.25) is 10.0 Å². The fraction of sp³-hybridized carbons (Fsp3) is 0.200. The zero-order valence-corrected chi connectivity index (χ0v) is 13.9. The fourth-order valence-electron chi connectivity index (χ4n) is 2.11. The Morgan fingerprint density at radius 1 is 1.15 bits per heavy atom. The van der Waals surface area contributed by atoms with Gasteiger partial charge in [-0.15, -0.1) is 0 Å². The van der Waals surface area contributed by atoms with Crippen molar-refractivity contribution in [1.29, 1.82) is 0 Å². The van der Waals surface area contributed by atoms with Crippen LogP contribution < -0.4 is 5.73 Å². The Morgan fingerprint density at radius 2 is 1.85 bits per heavy atom. The van der Waals surface area contributed by atoms with Crippen LogP contribution in [-0.4, -0.2) is 0 Å². The molecule has 0 radical (unpaired) electrons. The van der Waals surface area contributed by atoms with Gasteiger partial charge in [0.1, 0.15) is 5.82 Å². The van der Waals surface area contributed by atoms with Crippen LogP contribution in [0.4, 0.5) is 4.39 Å². The summed E-state index contributed by atoms with van der Waals surface area (Å²) >= 11 is 15.7. The average Bonchev–Trinajstić information content (AvgIpc) is 2.32. The SMILES string of the molecule is CC(N)(Cc1ccc(F)cc1Cl)c1ccc(Br)cc1Cl. The summed E-state index contributed by atoms with van der Waals surface area (Å²) in [6, 6.07) is 9.88. The third-order valence-electron chi connectivity index (χ3n) is 3.12. The van der Waals surface area contributed by atoms with Gasteiger partial charge >= 0.3 is 0 Å². The molecule has 0 saturated carbocycles. The van der Waals surface area contributed by atoms with E-state index < -0.39 is 5.54 Å². The number of hydrogen-bond acceptors (Lipinski definition) is 1. The molecule has 5 heteroatoms. The van der Waals surface area contributed by atoms with Crippen molar-refractivity contribution in [2.45, 2.75) is 18.9 Å².